The largest absolute Gasteiger partial charge is 0.394 e. The van der Waals surface area contributed by atoms with Crippen LogP contribution >= 0.6 is 0 Å². The molecule has 2 heterocycles. The molecule has 2 rings (SSSR count). The molecule has 22 heavy (non-hydrogen) atoms. The number of aliphatic hydroxyl groups excluding tert-OH is 2. The van der Waals surface area contributed by atoms with Crippen LogP contribution in [0.25, 0.3) is 11.2 Å². The van der Waals surface area contributed by atoms with Crippen LogP contribution in [0.5, 0.6) is 0 Å². The Hall–Kier alpha value is -1.93. The van der Waals surface area contributed by atoms with Gasteiger partial charge in [0, 0.05) is 22.0 Å². The van der Waals surface area contributed by atoms with Gasteiger partial charge in [0.15, 0.2) is 11.2 Å². The molecule has 2 aromatic rings. The molecular formula is C14H24N4O4. The van der Waals surface area contributed by atoms with Crippen LogP contribution in [-0.4, -0.2) is 41.6 Å². The Morgan fingerprint density at radius 2 is 2.05 bits per heavy atom. The van der Waals surface area contributed by atoms with Crippen molar-refractivity contribution in [3.63, 3.8) is 0 Å². The lowest BCUT2D eigenvalue weighted by Crippen LogP contribution is -2.39. The molecular weight excluding hydrogens is 288 g/mol. The maximum atomic E-state index is 12.4. The Morgan fingerprint density at radius 1 is 1.36 bits per heavy atom. The van der Waals surface area contributed by atoms with Gasteiger partial charge in [-0.3, -0.25) is 13.9 Å². The number of imidazole rings is 1. The molecule has 2 aromatic heterocycles. The molecule has 0 amide bonds. The SMILES string of the molecule is C.[2H]C(O)C(O)C([2H])CCCn1c(=O)c2c(ncn2C)n(C)c1=O. The summed E-state index contributed by atoms with van der Waals surface area (Å²) in [5.41, 5.74) is -0.324. The van der Waals surface area contributed by atoms with Gasteiger partial charge < -0.3 is 14.8 Å². The van der Waals surface area contributed by atoms with Crippen LogP contribution in [0.4, 0.5) is 0 Å². The smallest absolute Gasteiger partial charge is 0.332 e. The fourth-order valence-electron chi connectivity index (χ4n) is 2.19. The average molecular weight is 314 g/mol. The standard InChI is InChI=1S/C13H20N4O4.CH4/c1-15-8-14-11-10(15)12(20)17(13(21)16(11)2)6-4-3-5-9(19)7-18;/h8-9,18-19H,3-7H2,1-2H3;1H4/i5D,7D;. The third kappa shape index (κ3) is 3.28. The van der Waals surface area contributed by atoms with Crippen LogP contribution in [0.1, 0.15) is 29.4 Å². The molecule has 0 bridgehead atoms. The van der Waals surface area contributed by atoms with Gasteiger partial charge in [0.2, 0.25) is 0 Å². The molecule has 0 aromatic carbocycles. The number of aliphatic hydroxyl groups is 2. The van der Waals surface area contributed by atoms with Crippen LogP contribution in [0.3, 0.4) is 0 Å². The lowest BCUT2D eigenvalue weighted by molar-refractivity contribution is 0.0858. The summed E-state index contributed by atoms with van der Waals surface area (Å²) in [7, 11) is 3.19. The number of hydrogen-bond acceptors (Lipinski definition) is 5. The van der Waals surface area contributed by atoms with Gasteiger partial charge in [-0.05, 0) is 19.2 Å². The molecule has 0 saturated heterocycles. The minimum Gasteiger partial charge on any atom is -0.394 e. The number of fused-ring (bicyclic) bond motifs is 1. The van der Waals surface area contributed by atoms with Crippen molar-refractivity contribution in [3.05, 3.63) is 27.2 Å². The van der Waals surface area contributed by atoms with Crippen LogP contribution < -0.4 is 11.2 Å². The summed E-state index contributed by atoms with van der Waals surface area (Å²) in [6, 6.07) is 0. The van der Waals surface area contributed by atoms with Crippen molar-refractivity contribution in [2.75, 3.05) is 6.58 Å². The lowest BCUT2D eigenvalue weighted by Gasteiger charge is -2.09. The van der Waals surface area contributed by atoms with Gasteiger partial charge in [0.05, 0.1) is 20.4 Å². The van der Waals surface area contributed by atoms with Crippen LogP contribution in [0.2, 0.25) is 0 Å². The zero-order chi connectivity index (χ0) is 17.3. The van der Waals surface area contributed by atoms with Gasteiger partial charge in [-0.2, -0.15) is 0 Å². The van der Waals surface area contributed by atoms with Gasteiger partial charge >= 0.3 is 5.69 Å². The topological polar surface area (TPSA) is 102 Å². The summed E-state index contributed by atoms with van der Waals surface area (Å²) >= 11 is 0. The third-order valence-corrected chi connectivity index (χ3v) is 3.35. The molecule has 2 N–H and O–H groups in total. The highest BCUT2D eigenvalue weighted by Crippen LogP contribution is 2.05. The predicted molar refractivity (Wildman–Crippen MR) is 83.9 cm³/mol. The average Bonchev–Trinajstić information content (AvgIpc) is 2.89. The van der Waals surface area contributed by atoms with E-state index in [9.17, 15) is 14.7 Å². The van der Waals surface area contributed by atoms with Crippen LogP contribution in [0.15, 0.2) is 15.9 Å². The molecule has 124 valence electrons. The van der Waals surface area contributed by atoms with Crippen molar-refractivity contribution in [2.24, 2.45) is 14.1 Å². The quantitative estimate of drug-likeness (QED) is 0.755. The Bertz CT molecular complexity index is 811. The fraction of sp³-hybridized carbons (Fsp3) is 0.643. The molecule has 0 fully saturated rings. The maximum Gasteiger partial charge on any atom is 0.332 e. The van der Waals surface area contributed by atoms with E-state index in [0.29, 0.717) is 11.2 Å². The Kier molecular flexibility index (Phi) is 5.02. The normalized spacial score (nSPS) is 16.5. The van der Waals surface area contributed by atoms with E-state index in [0.717, 1.165) is 4.57 Å². The van der Waals surface area contributed by atoms with E-state index in [1.807, 2.05) is 0 Å². The van der Waals surface area contributed by atoms with Crippen molar-refractivity contribution in [3.8, 4) is 0 Å². The monoisotopic (exact) mass is 314 g/mol. The van der Waals surface area contributed by atoms with E-state index in [-0.39, 0.29) is 26.8 Å². The summed E-state index contributed by atoms with van der Waals surface area (Å²) in [5.74, 6) is 0. The summed E-state index contributed by atoms with van der Waals surface area (Å²) < 4.78 is 18.5. The number of hydrogen-bond donors (Lipinski definition) is 2. The Balaban J connectivity index is 0.00000288. The minimum atomic E-state index is -1.74. The second kappa shape index (κ2) is 7.37. The van der Waals surface area contributed by atoms with Crippen LogP contribution in [0, 0.1) is 0 Å². The van der Waals surface area contributed by atoms with E-state index in [1.54, 1.807) is 11.6 Å². The van der Waals surface area contributed by atoms with Crippen molar-refractivity contribution >= 4 is 11.2 Å². The zero-order valence-electron chi connectivity index (χ0n) is 13.9. The minimum absolute atomic E-state index is 0. The van der Waals surface area contributed by atoms with Gasteiger partial charge in [-0.25, -0.2) is 9.78 Å². The van der Waals surface area contributed by atoms with E-state index >= 15 is 0 Å². The Morgan fingerprint density at radius 3 is 2.68 bits per heavy atom. The van der Waals surface area contributed by atoms with Crippen molar-refractivity contribution < 1.29 is 13.0 Å². The maximum absolute atomic E-state index is 12.4. The second-order valence-corrected chi connectivity index (χ2v) is 4.84. The highest BCUT2D eigenvalue weighted by molar-refractivity contribution is 5.69. The van der Waals surface area contributed by atoms with E-state index in [2.05, 4.69) is 4.98 Å². The molecule has 0 spiro atoms. The summed E-state index contributed by atoms with van der Waals surface area (Å²) in [6.45, 7) is -1.65. The summed E-state index contributed by atoms with van der Waals surface area (Å²) in [6.07, 6.45) is -0.634. The zero-order valence-corrected chi connectivity index (χ0v) is 11.9. The highest BCUT2D eigenvalue weighted by Gasteiger charge is 2.14. The van der Waals surface area contributed by atoms with Crippen molar-refractivity contribution in [1.82, 2.24) is 18.7 Å². The molecule has 0 radical (unpaired) electrons. The summed E-state index contributed by atoms with van der Waals surface area (Å²) in [4.78, 5) is 28.7. The first-order chi connectivity index (χ1) is 10.8. The van der Waals surface area contributed by atoms with Crippen molar-refractivity contribution in [1.29, 1.82) is 0 Å². The van der Waals surface area contributed by atoms with Gasteiger partial charge in [0.25, 0.3) is 5.56 Å². The van der Waals surface area contributed by atoms with E-state index in [1.165, 1.54) is 17.9 Å². The van der Waals surface area contributed by atoms with E-state index < -0.39 is 30.3 Å². The molecule has 0 aliphatic heterocycles. The Labute approximate surface area is 131 Å². The molecule has 3 unspecified atom stereocenters. The summed E-state index contributed by atoms with van der Waals surface area (Å²) in [5, 5.41) is 18.4. The molecule has 0 aliphatic rings. The first kappa shape index (κ1) is 15.0. The molecule has 0 aliphatic carbocycles. The molecule has 8 nitrogen and oxygen atoms in total. The predicted octanol–water partition coefficient (Wildman–Crippen LogP) is -0.407. The van der Waals surface area contributed by atoms with E-state index in [4.69, 9.17) is 7.85 Å². The first-order valence-corrected chi connectivity index (χ1v) is 6.57. The fourth-order valence-corrected chi connectivity index (χ4v) is 2.19. The molecule has 0 saturated carbocycles. The van der Waals surface area contributed by atoms with Crippen LogP contribution in [-0.2, 0) is 20.6 Å². The van der Waals surface area contributed by atoms with Crippen molar-refractivity contribution in [2.45, 2.75) is 39.3 Å². The number of aromatic nitrogens is 4. The number of aryl methyl sites for hydroxylation is 2. The second-order valence-electron chi connectivity index (χ2n) is 4.84. The lowest BCUT2D eigenvalue weighted by atomic mass is 10.1. The molecule has 3 atom stereocenters. The third-order valence-electron chi connectivity index (χ3n) is 3.35. The number of nitrogens with zero attached hydrogens (tertiary/aromatic N) is 4. The van der Waals surface area contributed by atoms with Gasteiger partial charge in [-0.15, -0.1) is 0 Å². The first-order valence-electron chi connectivity index (χ1n) is 7.72. The van der Waals surface area contributed by atoms with Gasteiger partial charge in [0.1, 0.15) is 0 Å². The molecule has 8 heteroatoms. The highest BCUT2D eigenvalue weighted by atomic mass is 16.3. The number of rotatable bonds is 6. The van der Waals surface area contributed by atoms with Gasteiger partial charge in [-0.1, -0.05) is 7.43 Å².